The highest BCUT2D eigenvalue weighted by molar-refractivity contribution is 6.34. The summed E-state index contributed by atoms with van der Waals surface area (Å²) in [6.45, 7) is 6.33. The number of methoxy groups -OCH3 is 1. The second-order valence-electron chi connectivity index (χ2n) is 7.36. The molecule has 1 fully saturated rings. The Balaban J connectivity index is 1.97. The van der Waals surface area contributed by atoms with Gasteiger partial charge in [-0.2, -0.15) is 0 Å². The Morgan fingerprint density at radius 1 is 1.04 bits per heavy atom. The quantitative estimate of drug-likeness (QED) is 0.655. The molecule has 1 aliphatic rings. The standard InChI is InChI=1S/C21H25Cl2N3O2/c1-21(2,16-11-17(22)13-18(23)12-16)26-15-24(9-10-28-3)14-25(20(26)27)19-7-5-4-6-8-19/h4-8,11-13H,9-10,14-15H2,1-3H3. The molecule has 2 aromatic carbocycles. The molecule has 2 aromatic rings. The van der Waals surface area contributed by atoms with Gasteiger partial charge < -0.3 is 9.64 Å². The summed E-state index contributed by atoms with van der Waals surface area (Å²) in [7, 11) is 1.68. The van der Waals surface area contributed by atoms with Crippen molar-refractivity contribution in [3.8, 4) is 0 Å². The number of carbonyl (C=O) groups excluding carboxylic acids is 1. The summed E-state index contributed by atoms with van der Waals surface area (Å²) in [5.41, 5.74) is 1.14. The average molecular weight is 422 g/mol. The van der Waals surface area contributed by atoms with Crippen LogP contribution in [-0.2, 0) is 10.3 Å². The van der Waals surface area contributed by atoms with Crippen LogP contribution in [0.1, 0.15) is 19.4 Å². The first-order chi connectivity index (χ1) is 13.3. The zero-order valence-corrected chi connectivity index (χ0v) is 17.9. The van der Waals surface area contributed by atoms with E-state index < -0.39 is 5.54 Å². The summed E-state index contributed by atoms with van der Waals surface area (Å²) < 4.78 is 5.25. The third-order valence-corrected chi connectivity index (χ3v) is 5.50. The van der Waals surface area contributed by atoms with Gasteiger partial charge in [0.15, 0.2) is 0 Å². The molecule has 2 amide bonds. The van der Waals surface area contributed by atoms with Gasteiger partial charge in [0.1, 0.15) is 0 Å². The summed E-state index contributed by atoms with van der Waals surface area (Å²) in [5, 5.41) is 1.10. The van der Waals surface area contributed by atoms with Gasteiger partial charge in [-0.1, -0.05) is 41.4 Å². The van der Waals surface area contributed by atoms with E-state index in [0.717, 1.165) is 17.8 Å². The van der Waals surface area contributed by atoms with E-state index in [4.69, 9.17) is 27.9 Å². The average Bonchev–Trinajstić information content (AvgIpc) is 2.67. The molecule has 0 N–H and O–H groups in total. The van der Waals surface area contributed by atoms with E-state index in [-0.39, 0.29) is 6.03 Å². The number of rotatable bonds is 6. The lowest BCUT2D eigenvalue weighted by atomic mass is 9.92. The van der Waals surface area contributed by atoms with Crippen molar-refractivity contribution in [1.82, 2.24) is 9.80 Å². The topological polar surface area (TPSA) is 36.0 Å². The van der Waals surface area contributed by atoms with Crippen LogP contribution in [0, 0.1) is 0 Å². The van der Waals surface area contributed by atoms with Gasteiger partial charge in [-0.3, -0.25) is 9.80 Å². The van der Waals surface area contributed by atoms with E-state index in [2.05, 4.69) is 4.90 Å². The summed E-state index contributed by atoms with van der Waals surface area (Å²) >= 11 is 12.5. The smallest absolute Gasteiger partial charge is 0.327 e. The minimum Gasteiger partial charge on any atom is -0.383 e. The van der Waals surface area contributed by atoms with Crippen LogP contribution in [0.15, 0.2) is 48.5 Å². The molecule has 3 rings (SSSR count). The molecule has 1 aliphatic heterocycles. The normalized spacial score (nSPS) is 16.0. The Bertz CT molecular complexity index is 809. The van der Waals surface area contributed by atoms with Crippen molar-refractivity contribution in [3.05, 3.63) is 64.1 Å². The maximum Gasteiger partial charge on any atom is 0.327 e. The van der Waals surface area contributed by atoms with Gasteiger partial charge >= 0.3 is 6.03 Å². The van der Waals surface area contributed by atoms with Crippen LogP contribution < -0.4 is 4.90 Å². The Labute approximate surface area is 176 Å². The van der Waals surface area contributed by atoms with Gasteiger partial charge in [-0.25, -0.2) is 4.79 Å². The van der Waals surface area contributed by atoms with Crippen molar-refractivity contribution in [3.63, 3.8) is 0 Å². The Morgan fingerprint density at radius 3 is 2.29 bits per heavy atom. The molecule has 5 nitrogen and oxygen atoms in total. The van der Waals surface area contributed by atoms with Crippen LogP contribution in [-0.4, -0.2) is 49.4 Å². The predicted octanol–water partition coefficient (Wildman–Crippen LogP) is 5.03. The van der Waals surface area contributed by atoms with Gasteiger partial charge in [-0.05, 0) is 49.7 Å². The van der Waals surface area contributed by atoms with Crippen LogP contribution in [0.5, 0.6) is 0 Å². The molecule has 0 bridgehead atoms. The summed E-state index contributed by atoms with van der Waals surface area (Å²) in [6, 6.07) is 15.1. The molecule has 1 heterocycles. The molecule has 0 radical (unpaired) electrons. The number of halogens is 2. The number of carbonyl (C=O) groups is 1. The minimum absolute atomic E-state index is 0.0547. The van der Waals surface area contributed by atoms with E-state index in [1.807, 2.05) is 61.2 Å². The largest absolute Gasteiger partial charge is 0.383 e. The lowest BCUT2D eigenvalue weighted by Gasteiger charge is -2.49. The zero-order valence-electron chi connectivity index (χ0n) is 16.4. The third-order valence-electron chi connectivity index (χ3n) is 5.07. The zero-order chi connectivity index (χ0) is 20.3. The van der Waals surface area contributed by atoms with Crippen molar-refractivity contribution in [2.75, 3.05) is 38.5 Å². The lowest BCUT2D eigenvalue weighted by molar-refractivity contribution is 0.0406. The third kappa shape index (κ3) is 4.44. The number of benzene rings is 2. The highest BCUT2D eigenvalue weighted by atomic mass is 35.5. The van der Waals surface area contributed by atoms with Crippen LogP contribution in [0.2, 0.25) is 10.0 Å². The maximum atomic E-state index is 13.5. The van der Waals surface area contributed by atoms with Crippen LogP contribution in [0.4, 0.5) is 10.5 Å². The number of anilines is 1. The minimum atomic E-state index is -0.607. The van der Waals surface area contributed by atoms with Crippen LogP contribution >= 0.6 is 23.2 Å². The van der Waals surface area contributed by atoms with Crippen molar-refractivity contribution in [2.45, 2.75) is 19.4 Å². The molecule has 0 aliphatic carbocycles. The van der Waals surface area contributed by atoms with E-state index in [0.29, 0.717) is 30.0 Å². The molecule has 7 heteroatoms. The Morgan fingerprint density at radius 2 is 1.68 bits per heavy atom. The van der Waals surface area contributed by atoms with Gasteiger partial charge in [0.25, 0.3) is 0 Å². The van der Waals surface area contributed by atoms with Crippen molar-refractivity contribution >= 4 is 34.9 Å². The number of nitrogens with zero attached hydrogens (tertiary/aromatic N) is 3. The van der Waals surface area contributed by atoms with E-state index in [1.165, 1.54) is 0 Å². The SMILES string of the molecule is COCCN1CN(c2ccccc2)C(=O)N(C(C)(C)c2cc(Cl)cc(Cl)c2)C1. The molecule has 0 spiro atoms. The second kappa shape index (κ2) is 8.70. The van der Waals surface area contributed by atoms with Gasteiger partial charge in [0.05, 0.1) is 25.5 Å². The fourth-order valence-electron chi connectivity index (χ4n) is 3.35. The number of amides is 2. The molecule has 28 heavy (non-hydrogen) atoms. The van der Waals surface area contributed by atoms with Gasteiger partial charge in [-0.15, -0.1) is 0 Å². The number of urea groups is 1. The molecule has 0 unspecified atom stereocenters. The molecule has 150 valence electrons. The fraction of sp³-hybridized carbons (Fsp3) is 0.381. The Kier molecular flexibility index (Phi) is 6.50. The number of hydrogen-bond acceptors (Lipinski definition) is 3. The molecule has 1 saturated heterocycles. The number of para-hydroxylation sites is 1. The van der Waals surface area contributed by atoms with Crippen molar-refractivity contribution in [1.29, 1.82) is 0 Å². The van der Waals surface area contributed by atoms with E-state index in [9.17, 15) is 4.79 Å². The van der Waals surface area contributed by atoms with Gasteiger partial charge in [0.2, 0.25) is 0 Å². The maximum absolute atomic E-state index is 13.5. The van der Waals surface area contributed by atoms with Gasteiger partial charge in [0, 0.05) is 29.4 Å². The molecule has 0 saturated carbocycles. The summed E-state index contributed by atoms with van der Waals surface area (Å²) in [6.07, 6.45) is 0. The molecular weight excluding hydrogens is 397 g/mol. The molecular formula is C21H25Cl2N3O2. The number of hydrogen-bond donors (Lipinski definition) is 0. The first-order valence-electron chi connectivity index (χ1n) is 9.15. The first kappa shape index (κ1) is 20.9. The fourth-order valence-corrected chi connectivity index (χ4v) is 3.88. The highest BCUT2D eigenvalue weighted by Gasteiger charge is 2.40. The molecule has 0 atom stereocenters. The monoisotopic (exact) mass is 421 g/mol. The van der Waals surface area contributed by atoms with E-state index >= 15 is 0 Å². The van der Waals surface area contributed by atoms with Crippen LogP contribution in [0.25, 0.3) is 0 Å². The van der Waals surface area contributed by atoms with E-state index in [1.54, 1.807) is 18.1 Å². The van der Waals surface area contributed by atoms with Crippen molar-refractivity contribution in [2.24, 2.45) is 0 Å². The second-order valence-corrected chi connectivity index (χ2v) is 8.23. The predicted molar refractivity (Wildman–Crippen MR) is 114 cm³/mol. The highest BCUT2D eigenvalue weighted by Crippen LogP contribution is 2.35. The Hall–Kier alpha value is -1.79. The lowest BCUT2D eigenvalue weighted by Crippen LogP contribution is -2.63. The summed E-state index contributed by atoms with van der Waals surface area (Å²) in [5.74, 6) is 0. The van der Waals surface area contributed by atoms with Crippen LogP contribution in [0.3, 0.4) is 0 Å². The molecule has 0 aromatic heterocycles. The van der Waals surface area contributed by atoms with Crippen molar-refractivity contribution < 1.29 is 9.53 Å². The number of ether oxygens (including phenoxy) is 1. The summed E-state index contributed by atoms with van der Waals surface area (Å²) in [4.78, 5) is 19.3. The first-order valence-corrected chi connectivity index (χ1v) is 9.90.